The summed E-state index contributed by atoms with van der Waals surface area (Å²) in [7, 11) is 0. The molecule has 126 valence electrons. The summed E-state index contributed by atoms with van der Waals surface area (Å²) in [5, 5.41) is 3.34. The van der Waals surface area contributed by atoms with Crippen LogP contribution in [0.15, 0.2) is 59.6 Å². The molecule has 4 heteroatoms. The molecule has 0 fully saturated rings. The van der Waals surface area contributed by atoms with E-state index in [-0.39, 0.29) is 12.2 Å². The lowest BCUT2D eigenvalue weighted by Crippen LogP contribution is -2.37. The molecule has 1 atom stereocenters. The van der Waals surface area contributed by atoms with Gasteiger partial charge >= 0.3 is 0 Å². The molecule has 0 bridgehead atoms. The number of aliphatic imine (C=N–C) groups is 1. The lowest BCUT2D eigenvalue weighted by Gasteiger charge is -2.22. The van der Waals surface area contributed by atoms with Gasteiger partial charge in [-0.1, -0.05) is 42.5 Å². The van der Waals surface area contributed by atoms with E-state index >= 15 is 0 Å². The lowest BCUT2D eigenvalue weighted by molar-refractivity contribution is 0.208. The lowest BCUT2D eigenvalue weighted by atomic mass is 10.1. The molecule has 3 rings (SSSR count). The third-order valence-corrected chi connectivity index (χ3v) is 3.75. The molecule has 2 aromatic rings. The molecule has 1 unspecified atom stereocenters. The first-order chi connectivity index (χ1) is 11.7. The van der Waals surface area contributed by atoms with E-state index in [1.165, 1.54) is 5.56 Å². The highest BCUT2D eigenvalue weighted by atomic mass is 16.5. The second kappa shape index (κ2) is 7.86. The molecule has 1 heterocycles. The Bertz CT molecular complexity index is 683. The smallest absolute Gasteiger partial charge is 0.162 e. The summed E-state index contributed by atoms with van der Waals surface area (Å²) in [4.78, 5) is 4.56. The van der Waals surface area contributed by atoms with Gasteiger partial charge in [-0.3, -0.25) is 4.99 Å². The van der Waals surface area contributed by atoms with Gasteiger partial charge in [0.2, 0.25) is 0 Å². The Morgan fingerprint density at radius 3 is 2.25 bits per heavy atom. The zero-order valence-electron chi connectivity index (χ0n) is 14.2. The molecule has 0 spiro atoms. The molecular formula is C20H24N2O2. The van der Waals surface area contributed by atoms with Gasteiger partial charge in [0.15, 0.2) is 17.6 Å². The zero-order chi connectivity index (χ0) is 16.8. The molecule has 1 N–H and O–H groups in total. The molecule has 0 saturated heterocycles. The Morgan fingerprint density at radius 1 is 0.958 bits per heavy atom. The van der Waals surface area contributed by atoms with Crippen molar-refractivity contribution in [2.24, 2.45) is 4.99 Å². The maximum absolute atomic E-state index is 6.32. The van der Waals surface area contributed by atoms with Crippen LogP contribution in [0.4, 0.5) is 0 Å². The van der Waals surface area contributed by atoms with Crippen LogP contribution in [-0.2, 0) is 6.42 Å². The molecule has 2 aromatic carbocycles. The fourth-order valence-electron chi connectivity index (χ4n) is 2.71. The first kappa shape index (κ1) is 16.4. The van der Waals surface area contributed by atoms with Crippen LogP contribution in [0.25, 0.3) is 0 Å². The molecule has 0 saturated carbocycles. The number of ether oxygens (including phenoxy) is 2. The summed E-state index contributed by atoms with van der Waals surface area (Å²) in [5.74, 6) is 2.44. The zero-order valence-corrected chi connectivity index (χ0v) is 14.2. The van der Waals surface area contributed by atoms with Crippen LogP contribution >= 0.6 is 0 Å². The summed E-state index contributed by atoms with van der Waals surface area (Å²) in [6, 6.07) is 18.2. The van der Waals surface area contributed by atoms with E-state index in [0.29, 0.717) is 0 Å². The van der Waals surface area contributed by atoms with Crippen LogP contribution in [0.5, 0.6) is 11.5 Å². The highest BCUT2D eigenvalue weighted by molar-refractivity contribution is 5.88. The van der Waals surface area contributed by atoms with Crippen molar-refractivity contribution in [3.63, 3.8) is 0 Å². The fraction of sp³-hybridized carbons (Fsp3) is 0.350. The van der Waals surface area contributed by atoms with Gasteiger partial charge in [0.25, 0.3) is 0 Å². The van der Waals surface area contributed by atoms with Crippen molar-refractivity contribution < 1.29 is 9.47 Å². The summed E-state index contributed by atoms with van der Waals surface area (Å²) in [6.45, 7) is 5.70. The van der Waals surface area contributed by atoms with Crippen molar-refractivity contribution in [3.05, 3.63) is 60.2 Å². The molecule has 1 aliphatic heterocycles. The second-order valence-electron chi connectivity index (χ2n) is 6.10. The van der Waals surface area contributed by atoms with Crippen molar-refractivity contribution in [3.8, 4) is 11.5 Å². The molecular weight excluding hydrogens is 300 g/mol. The van der Waals surface area contributed by atoms with E-state index < -0.39 is 0 Å². The molecule has 1 aliphatic rings. The van der Waals surface area contributed by atoms with Crippen LogP contribution in [0.2, 0.25) is 0 Å². The Balaban J connectivity index is 1.82. The quantitative estimate of drug-likeness (QED) is 0.848. The molecule has 0 aromatic heterocycles. The topological polar surface area (TPSA) is 42.9 Å². The van der Waals surface area contributed by atoms with E-state index in [1.54, 1.807) is 0 Å². The van der Waals surface area contributed by atoms with Gasteiger partial charge in [-0.15, -0.1) is 0 Å². The average Bonchev–Trinajstić information content (AvgIpc) is 3.11. The minimum absolute atomic E-state index is 0.101. The highest BCUT2D eigenvalue weighted by Gasteiger charge is 2.22. The number of hydrogen-bond acceptors (Lipinski definition) is 4. The Labute approximate surface area is 143 Å². The monoisotopic (exact) mass is 324 g/mol. The molecule has 4 nitrogen and oxygen atoms in total. The molecule has 24 heavy (non-hydrogen) atoms. The second-order valence-corrected chi connectivity index (χ2v) is 6.10. The number of rotatable bonds is 7. The fourth-order valence-corrected chi connectivity index (χ4v) is 2.71. The number of nitrogens with zero attached hydrogens (tertiary/aromatic N) is 1. The molecule has 0 aliphatic carbocycles. The van der Waals surface area contributed by atoms with E-state index in [2.05, 4.69) is 22.4 Å². The maximum Gasteiger partial charge on any atom is 0.162 e. The van der Waals surface area contributed by atoms with Gasteiger partial charge < -0.3 is 14.8 Å². The van der Waals surface area contributed by atoms with E-state index in [0.717, 1.165) is 36.8 Å². The predicted octanol–water partition coefficient (Wildman–Crippen LogP) is 3.47. The Hall–Kier alpha value is -2.49. The van der Waals surface area contributed by atoms with Crippen molar-refractivity contribution in [1.29, 1.82) is 0 Å². The van der Waals surface area contributed by atoms with Crippen LogP contribution in [-0.4, -0.2) is 31.1 Å². The van der Waals surface area contributed by atoms with Crippen molar-refractivity contribution in [2.45, 2.75) is 32.5 Å². The van der Waals surface area contributed by atoms with Crippen molar-refractivity contribution >= 4 is 5.84 Å². The molecule has 0 radical (unpaired) electrons. The number of para-hydroxylation sites is 2. The first-order valence-electron chi connectivity index (χ1n) is 8.47. The third-order valence-electron chi connectivity index (χ3n) is 3.75. The number of hydrogen-bond donors (Lipinski definition) is 1. The van der Waals surface area contributed by atoms with Crippen molar-refractivity contribution in [1.82, 2.24) is 5.32 Å². The van der Waals surface area contributed by atoms with Gasteiger partial charge in [-0.25, -0.2) is 0 Å². The van der Waals surface area contributed by atoms with E-state index in [4.69, 9.17) is 9.47 Å². The summed E-state index contributed by atoms with van der Waals surface area (Å²) in [5.41, 5.74) is 1.22. The molecule has 0 amide bonds. The Morgan fingerprint density at radius 2 is 1.62 bits per heavy atom. The maximum atomic E-state index is 6.32. The van der Waals surface area contributed by atoms with Crippen LogP contribution in [0.1, 0.15) is 19.4 Å². The minimum atomic E-state index is -0.146. The Kier molecular flexibility index (Phi) is 5.36. The van der Waals surface area contributed by atoms with Crippen LogP contribution in [0, 0.1) is 0 Å². The average molecular weight is 324 g/mol. The predicted molar refractivity (Wildman–Crippen MR) is 97.1 cm³/mol. The van der Waals surface area contributed by atoms with E-state index in [9.17, 15) is 0 Å². The van der Waals surface area contributed by atoms with Gasteiger partial charge in [0.1, 0.15) is 5.84 Å². The summed E-state index contributed by atoms with van der Waals surface area (Å²) in [6.07, 6.45) is 0.721. The van der Waals surface area contributed by atoms with Crippen LogP contribution < -0.4 is 14.8 Å². The van der Waals surface area contributed by atoms with Crippen LogP contribution in [0.3, 0.4) is 0 Å². The summed E-state index contributed by atoms with van der Waals surface area (Å²) >= 11 is 0. The minimum Gasteiger partial charge on any atom is -0.487 e. The number of amidine groups is 1. The standard InChI is InChI=1S/C20H24N2O2/c1-15(2)23-17-10-6-7-11-18(17)24-19(20-21-12-13-22-20)14-16-8-4-3-5-9-16/h3-11,15,19H,12-14H2,1-2H3,(H,21,22). The number of benzene rings is 2. The van der Waals surface area contributed by atoms with E-state index in [1.807, 2.05) is 56.3 Å². The van der Waals surface area contributed by atoms with Gasteiger partial charge in [-0.2, -0.15) is 0 Å². The summed E-state index contributed by atoms with van der Waals surface area (Å²) < 4.78 is 12.2. The number of nitrogens with one attached hydrogen (secondary N) is 1. The third kappa shape index (κ3) is 4.28. The first-order valence-corrected chi connectivity index (χ1v) is 8.47. The largest absolute Gasteiger partial charge is 0.487 e. The normalized spacial score (nSPS) is 14.9. The van der Waals surface area contributed by atoms with Gasteiger partial charge in [-0.05, 0) is 31.5 Å². The van der Waals surface area contributed by atoms with Gasteiger partial charge in [0.05, 0.1) is 12.6 Å². The highest BCUT2D eigenvalue weighted by Crippen LogP contribution is 2.29. The van der Waals surface area contributed by atoms with Gasteiger partial charge in [0, 0.05) is 13.0 Å². The SMILES string of the molecule is CC(C)Oc1ccccc1OC(Cc1ccccc1)C1=NCCN1. The van der Waals surface area contributed by atoms with Crippen molar-refractivity contribution in [2.75, 3.05) is 13.1 Å².